The van der Waals surface area contributed by atoms with E-state index in [9.17, 15) is 13.2 Å². The Morgan fingerprint density at radius 1 is 1.19 bits per heavy atom. The molecule has 0 radical (unpaired) electrons. The average Bonchev–Trinajstić information content (AvgIpc) is 2.88. The molecule has 2 fully saturated rings. The summed E-state index contributed by atoms with van der Waals surface area (Å²) < 4.78 is 49.4. The summed E-state index contributed by atoms with van der Waals surface area (Å²) >= 11 is 0. The molecule has 21 heavy (non-hydrogen) atoms. The lowest BCUT2D eigenvalue weighted by Gasteiger charge is -2.39. The number of halogens is 3. The first-order valence-corrected chi connectivity index (χ1v) is 6.75. The third-order valence-electron chi connectivity index (χ3n) is 3.88. The zero-order valence-corrected chi connectivity index (χ0v) is 11.3. The summed E-state index contributed by atoms with van der Waals surface area (Å²) in [5, 5.41) is 0. The molecule has 0 aliphatic carbocycles. The smallest absolute Gasteiger partial charge is 0.396 e. The van der Waals surface area contributed by atoms with E-state index in [-0.39, 0.29) is 5.69 Å². The maximum atomic E-state index is 12.7. The zero-order valence-electron chi connectivity index (χ0n) is 11.3. The zero-order chi connectivity index (χ0) is 15.1. The van der Waals surface area contributed by atoms with Crippen molar-refractivity contribution >= 4 is 11.4 Å². The summed E-state index contributed by atoms with van der Waals surface area (Å²) in [5.74, 6) is -0.564. The first-order chi connectivity index (χ1) is 9.90. The Balaban J connectivity index is 1.78. The quantitative estimate of drug-likeness (QED) is 0.860. The average molecular weight is 303 g/mol. The van der Waals surface area contributed by atoms with Gasteiger partial charge in [0.2, 0.25) is 0 Å². The van der Waals surface area contributed by atoms with Crippen molar-refractivity contribution in [2.75, 3.05) is 36.9 Å². The Kier molecular flexibility index (Phi) is 3.45. The number of hydrogen-bond acceptors (Lipinski definition) is 5. The molecular formula is C13H16F3N3O2. The number of anilines is 2. The van der Waals surface area contributed by atoms with Crippen LogP contribution in [-0.4, -0.2) is 37.1 Å². The van der Waals surface area contributed by atoms with Gasteiger partial charge in [0.05, 0.1) is 30.8 Å². The number of hydrogen-bond donors (Lipinski definition) is 1. The van der Waals surface area contributed by atoms with Crippen LogP contribution in [0.25, 0.3) is 0 Å². The number of rotatable bonds is 1. The molecule has 0 bridgehead atoms. The Bertz CT molecular complexity index is 520. The molecule has 8 heteroatoms. The van der Waals surface area contributed by atoms with E-state index in [4.69, 9.17) is 15.2 Å². The molecule has 0 atom stereocenters. The molecule has 116 valence electrons. The van der Waals surface area contributed by atoms with Gasteiger partial charge in [-0.05, 0) is 6.07 Å². The fourth-order valence-corrected chi connectivity index (χ4v) is 2.76. The van der Waals surface area contributed by atoms with Gasteiger partial charge >= 0.3 is 6.18 Å². The highest BCUT2D eigenvalue weighted by Gasteiger charge is 2.40. The third kappa shape index (κ3) is 2.77. The number of aromatic nitrogens is 1. The summed E-state index contributed by atoms with van der Waals surface area (Å²) in [4.78, 5) is 5.17. The molecular weight excluding hydrogens is 287 g/mol. The van der Waals surface area contributed by atoms with Crippen LogP contribution in [0.4, 0.5) is 24.5 Å². The van der Waals surface area contributed by atoms with Gasteiger partial charge in [-0.2, -0.15) is 13.2 Å². The van der Waals surface area contributed by atoms with E-state index in [2.05, 4.69) is 4.98 Å². The van der Waals surface area contributed by atoms with E-state index in [0.29, 0.717) is 44.8 Å². The van der Waals surface area contributed by atoms with Gasteiger partial charge in [-0.25, -0.2) is 4.98 Å². The number of nitrogens with two attached hydrogens (primary N) is 1. The second kappa shape index (κ2) is 5.03. The highest BCUT2D eigenvalue weighted by Crippen LogP contribution is 2.37. The first kappa shape index (κ1) is 14.4. The lowest BCUT2D eigenvalue weighted by Crippen LogP contribution is -2.45. The summed E-state index contributed by atoms with van der Waals surface area (Å²) in [5.41, 5.74) is 5.45. The van der Waals surface area contributed by atoms with Gasteiger partial charge in [0.1, 0.15) is 5.69 Å². The molecule has 0 saturated carbocycles. The van der Waals surface area contributed by atoms with Crippen LogP contribution in [0.15, 0.2) is 12.3 Å². The molecule has 3 rings (SSSR count). The Labute approximate surface area is 119 Å². The summed E-state index contributed by atoms with van der Waals surface area (Å²) in [7, 11) is 0. The molecule has 1 spiro atoms. The molecule has 2 aliphatic heterocycles. The van der Waals surface area contributed by atoms with Crippen molar-refractivity contribution < 1.29 is 22.6 Å². The van der Waals surface area contributed by atoms with Gasteiger partial charge in [0.25, 0.3) is 0 Å². The van der Waals surface area contributed by atoms with Crippen LogP contribution in [0, 0.1) is 0 Å². The van der Waals surface area contributed by atoms with Crippen molar-refractivity contribution in [3.8, 4) is 0 Å². The molecule has 1 aromatic rings. The molecule has 2 N–H and O–H groups in total. The molecule has 5 nitrogen and oxygen atoms in total. The van der Waals surface area contributed by atoms with E-state index in [1.807, 2.05) is 4.90 Å². The van der Waals surface area contributed by atoms with Gasteiger partial charge < -0.3 is 20.1 Å². The van der Waals surface area contributed by atoms with Crippen LogP contribution in [0.2, 0.25) is 0 Å². The van der Waals surface area contributed by atoms with Crippen LogP contribution >= 0.6 is 0 Å². The minimum absolute atomic E-state index is 0.243. The molecule has 2 saturated heterocycles. The van der Waals surface area contributed by atoms with E-state index in [1.165, 1.54) is 0 Å². The van der Waals surface area contributed by atoms with Crippen LogP contribution in [0.3, 0.4) is 0 Å². The summed E-state index contributed by atoms with van der Waals surface area (Å²) in [6, 6.07) is 1.00. The number of alkyl halides is 3. The monoisotopic (exact) mass is 303 g/mol. The van der Waals surface area contributed by atoms with E-state index < -0.39 is 17.7 Å². The molecule has 3 heterocycles. The minimum atomic E-state index is -4.48. The van der Waals surface area contributed by atoms with E-state index in [0.717, 1.165) is 12.3 Å². The van der Waals surface area contributed by atoms with Crippen LogP contribution in [0.5, 0.6) is 0 Å². The van der Waals surface area contributed by atoms with Gasteiger partial charge in [-0.15, -0.1) is 0 Å². The number of piperidine rings is 1. The summed E-state index contributed by atoms with van der Waals surface area (Å²) in [6.07, 6.45) is -2.20. The molecule has 2 aliphatic rings. The fourth-order valence-electron chi connectivity index (χ4n) is 2.76. The predicted octanol–water partition coefficient (Wildman–Crippen LogP) is 2.03. The molecule has 0 amide bonds. The van der Waals surface area contributed by atoms with E-state index in [1.54, 1.807) is 0 Å². The highest BCUT2D eigenvalue weighted by molar-refractivity contribution is 5.67. The van der Waals surface area contributed by atoms with Crippen molar-refractivity contribution in [1.82, 2.24) is 4.98 Å². The van der Waals surface area contributed by atoms with Gasteiger partial charge in [0.15, 0.2) is 5.79 Å². The maximum absolute atomic E-state index is 12.7. The molecule has 0 aromatic carbocycles. The second-order valence-electron chi connectivity index (χ2n) is 5.22. The standard InChI is InChI=1S/C13H16F3N3O2/c14-13(15,16)11-7-10(9(17)8-18-11)19-3-1-12(2-4-19)20-5-6-21-12/h7-8H,1-6,17H2. The van der Waals surface area contributed by atoms with Crippen LogP contribution in [0.1, 0.15) is 18.5 Å². The Hall–Kier alpha value is -1.54. The highest BCUT2D eigenvalue weighted by atomic mass is 19.4. The number of nitrogen functional groups attached to an aromatic ring is 1. The first-order valence-electron chi connectivity index (χ1n) is 6.75. The molecule has 1 aromatic heterocycles. The van der Waals surface area contributed by atoms with Crippen molar-refractivity contribution in [3.63, 3.8) is 0 Å². The fraction of sp³-hybridized carbons (Fsp3) is 0.615. The maximum Gasteiger partial charge on any atom is 0.433 e. The third-order valence-corrected chi connectivity index (χ3v) is 3.88. The summed E-state index contributed by atoms with van der Waals surface area (Å²) in [6.45, 7) is 2.20. The lowest BCUT2D eigenvalue weighted by molar-refractivity contribution is -0.169. The van der Waals surface area contributed by atoms with E-state index >= 15 is 0 Å². The van der Waals surface area contributed by atoms with Crippen LogP contribution in [-0.2, 0) is 15.7 Å². The molecule has 0 unspecified atom stereocenters. The van der Waals surface area contributed by atoms with Crippen molar-refractivity contribution in [3.05, 3.63) is 18.0 Å². The van der Waals surface area contributed by atoms with Gasteiger partial charge in [-0.3, -0.25) is 0 Å². The van der Waals surface area contributed by atoms with Crippen molar-refractivity contribution in [2.24, 2.45) is 0 Å². The van der Waals surface area contributed by atoms with Crippen molar-refractivity contribution in [2.45, 2.75) is 24.8 Å². The lowest BCUT2D eigenvalue weighted by atomic mass is 10.0. The van der Waals surface area contributed by atoms with Crippen molar-refractivity contribution in [1.29, 1.82) is 0 Å². The Morgan fingerprint density at radius 2 is 1.81 bits per heavy atom. The van der Waals surface area contributed by atoms with Gasteiger partial charge in [0, 0.05) is 25.9 Å². The second-order valence-corrected chi connectivity index (χ2v) is 5.22. The number of pyridine rings is 1. The predicted molar refractivity (Wildman–Crippen MR) is 69.7 cm³/mol. The largest absolute Gasteiger partial charge is 0.433 e. The van der Waals surface area contributed by atoms with Gasteiger partial charge in [-0.1, -0.05) is 0 Å². The number of ether oxygens (including phenoxy) is 2. The normalized spacial score (nSPS) is 22.0. The number of nitrogens with zero attached hydrogens (tertiary/aromatic N) is 2. The Morgan fingerprint density at radius 3 is 2.38 bits per heavy atom. The minimum Gasteiger partial charge on any atom is -0.396 e. The van der Waals surface area contributed by atoms with Crippen LogP contribution < -0.4 is 10.6 Å². The topological polar surface area (TPSA) is 60.6 Å². The SMILES string of the molecule is Nc1cnc(C(F)(F)F)cc1N1CCC2(CC1)OCCO2.